The van der Waals surface area contributed by atoms with Crippen molar-refractivity contribution >= 4 is 29.3 Å². The fourth-order valence-electron chi connectivity index (χ4n) is 2.31. The molecule has 1 N–H and O–H groups in total. The van der Waals surface area contributed by atoms with Gasteiger partial charge >= 0.3 is 0 Å². The zero-order valence-electron chi connectivity index (χ0n) is 12.2. The molecule has 2 atom stereocenters. The lowest BCUT2D eigenvalue weighted by Crippen LogP contribution is -2.20. The topological polar surface area (TPSA) is 37.8 Å². The first kappa shape index (κ1) is 15.0. The summed E-state index contributed by atoms with van der Waals surface area (Å²) in [4.78, 5) is 9.61. The summed E-state index contributed by atoms with van der Waals surface area (Å²) in [5, 5.41) is 4.41. The number of hydrogen-bond acceptors (Lipinski definition) is 5. The number of nitrogens with zero attached hydrogens (tertiary/aromatic N) is 2. The van der Waals surface area contributed by atoms with Crippen LogP contribution in [0.5, 0.6) is 0 Å². The molecule has 5 heteroatoms. The highest BCUT2D eigenvalue weighted by atomic mass is 32.2. The predicted molar refractivity (Wildman–Crippen MR) is 87.4 cm³/mol. The molecule has 0 amide bonds. The number of aromatic nitrogens is 2. The summed E-state index contributed by atoms with van der Waals surface area (Å²) in [6.45, 7) is 9.60. The van der Waals surface area contributed by atoms with Crippen LogP contribution in [0.4, 0.5) is 5.82 Å². The molecule has 2 rings (SSSR count). The number of nitrogens with one attached hydrogen (secondary N) is 1. The quantitative estimate of drug-likeness (QED) is 0.917. The van der Waals surface area contributed by atoms with Gasteiger partial charge in [-0.15, -0.1) is 11.8 Å². The molecule has 1 fully saturated rings. The number of thioether (sulfide) groups is 2. The first-order valence-electron chi connectivity index (χ1n) is 7.01. The van der Waals surface area contributed by atoms with E-state index in [1.165, 1.54) is 22.8 Å². The normalized spacial score (nSPS) is 23.4. The molecule has 0 saturated carbocycles. The Hall–Kier alpha value is -0.420. The summed E-state index contributed by atoms with van der Waals surface area (Å²) in [6, 6.07) is 0. The van der Waals surface area contributed by atoms with E-state index in [0.29, 0.717) is 10.5 Å². The lowest BCUT2D eigenvalue weighted by atomic mass is 10.1. The molecule has 3 nitrogen and oxygen atoms in total. The molecule has 2 unspecified atom stereocenters. The third kappa shape index (κ3) is 3.37. The van der Waals surface area contributed by atoms with E-state index in [0.717, 1.165) is 24.6 Å². The Kier molecular flexibility index (Phi) is 5.39. The predicted octanol–water partition coefficient (Wildman–Crippen LogP) is 3.69. The Bertz CT molecular complexity index is 437. The maximum absolute atomic E-state index is 4.82. The van der Waals surface area contributed by atoms with E-state index in [2.05, 4.69) is 33.0 Å². The van der Waals surface area contributed by atoms with Gasteiger partial charge in [-0.05, 0) is 20.3 Å². The lowest BCUT2D eigenvalue weighted by molar-refractivity contribution is 0.798. The van der Waals surface area contributed by atoms with E-state index in [9.17, 15) is 0 Å². The molecule has 2 heterocycles. The van der Waals surface area contributed by atoms with Crippen LogP contribution < -0.4 is 5.32 Å². The van der Waals surface area contributed by atoms with Crippen LogP contribution in [0.15, 0.2) is 0 Å². The van der Waals surface area contributed by atoms with E-state index in [4.69, 9.17) is 9.97 Å². The van der Waals surface area contributed by atoms with E-state index in [1.54, 1.807) is 0 Å². The third-order valence-corrected chi connectivity index (χ3v) is 6.47. The van der Waals surface area contributed by atoms with Gasteiger partial charge in [0.25, 0.3) is 0 Å². The van der Waals surface area contributed by atoms with Gasteiger partial charge in [0, 0.05) is 34.6 Å². The summed E-state index contributed by atoms with van der Waals surface area (Å²) in [6.07, 6.45) is 0.971. The fourth-order valence-corrected chi connectivity index (χ4v) is 5.00. The van der Waals surface area contributed by atoms with Crippen molar-refractivity contribution in [1.82, 2.24) is 9.97 Å². The molecule has 1 aromatic heterocycles. The minimum absolute atomic E-state index is 0.432. The van der Waals surface area contributed by atoms with Gasteiger partial charge < -0.3 is 5.32 Å². The van der Waals surface area contributed by atoms with E-state index < -0.39 is 0 Å². The summed E-state index contributed by atoms with van der Waals surface area (Å²) in [7, 11) is 0. The number of hydrogen-bond donors (Lipinski definition) is 1. The van der Waals surface area contributed by atoms with Gasteiger partial charge in [-0.1, -0.05) is 13.8 Å². The molecule has 106 valence electrons. The van der Waals surface area contributed by atoms with Crippen molar-refractivity contribution in [2.45, 2.75) is 44.6 Å². The molecule has 0 aromatic carbocycles. The van der Waals surface area contributed by atoms with Crippen LogP contribution >= 0.6 is 23.5 Å². The molecule has 0 aliphatic carbocycles. The van der Waals surface area contributed by atoms with Crippen molar-refractivity contribution < 1.29 is 0 Å². The fraction of sp³-hybridized carbons (Fsp3) is 0.714. The van der Waals surface area contributed by atoms with Crippen LogP contribution in [0.3, 0.4) is 0 Å². The van der Waals surface area contributed by atoms with Crippen molar-refractivity contribution in [3.8, 4) is 0 Å². The Morgan fingerprint density at radius 3 is 2.58 bits per heavy atom. The van der Waals surface area contributed by atoms with Crippen LogP contribution in [-0.2, 0) is 6.42 Å². The monoisotopic (exact) mass is 297 g/mol. The summed E-state index contributed by atoms with van der Waals surface area (Å²) < 4.78 is 0. The van der Waals surface area contributed by atoms with E-state index >= 15 is 0 Å². The summed E-state index contributed by atoms with van der Waals surface area (Å²) in [5.74, 6) is 4.49. The maximum Gasteiger partial charge on any atom is 0.145 e. The molecular formula is C14H23N3S2. The Balaban J connectivity index is 2.36. The van der Waals surface area contributed by atoms with Gasteiger partial charge in [0.1, 0.15) is 11.6 Å². The second-order valence-corrected chi connectivity index (χ2v) is 7.49. The SMILES string of the molecule is CCNc1nc(C2SCCSC2C)nc(CC)c1C. The molecule has 1 aromatic rings. The molecule has 19 heavy (non-hydrogen) atoms. The van der Waals surface area contributed by atoms with Gasteiger partial charge in [0.05, 0.1) is 5.25 Å². The minimum atomic E-state index is 0.432. The highest BCUT2D eigenvalue weighted by Crippen LogP contribution is 2.41. The average molecular weight is 297 g/mol. The largest absolute Gasteiger partial charge is 0.370 e. The first-order chi connectivity index (χ1) is 9.17. The van der Waals surface area contributed by atoms with Crippen molar-refractivity contribution in [1.29, 1.82) is 0 Å². The van der Waals surface area contributed by atoms with E-state index in [1.807, 2.05) is 23.5 Å². The van der Waals surface area contributed by atoms with Gasteiger partial charge in [0.2, 0.25) is 0 Å². The van der Waals surface area contributed by atoms with Gasteiger partial charge in [-0.3, -0.25) is 0 Å². The average Bonchev–Trinajstić information content (AvgIpc) is 2.42. The molecule has 0 bridgehead atoms. The minimum Gasteiger partial charge on any atom is -0.370 e. The number of aryl methyl sites for hydroxylation is 1. The lowest BCUT2D eigenvalue weighted by Gasteiger charge is -2.27. The third-order valence-electron chi connectivity index (χ3n) is 3.39. The van der Waals surface area contributed by atoms with Crippen molar-refractivity contribution in [3.63, 3.8) is 0 Å². The smallest absolute Gasteiger partial charge is 0.145 e. The van der Waals surface area contributed by atoms with Crippen LogP contribution in [0.2, 0.25) is 0 Å². The molecule has 1 aliphatic heterocycles. The van der Waals surface area contributed by atoms with Crippen LogP contribution in [0.1, 0.15) is 43.1 Å². The van der Waals surface area contributed by atoms with Crippen molar-refractivity contribution in [2.75, 3.05) is 23.4 Å². The van der Waals surface area contributed by atoms with Crippen LogP contribution in [0, 0.1) is 6.92 Å². The van der Waals surface area contributed by atoms with Crippen molar-refractivity contribution in [3.05, 3.63) is 17.1 Å². The first-order valence-corrected chi connectivity index (χ1v) is 9.11. The summed E-state index contributed by atoms with van der Waals surface area (Å²) >= 11 is 4.04. The zero-order valence-corrected chi connectivity index (χ0v) is 13.8. The molecule has 1 saturated heterocycles. The maximum atomic E-state index is 4.82. The Morgan fingerprint density at radius 2 is 1.95 bits per heavy atom. The number of anilines is 1. The van der Waals surface area contributed by atoms with Gasteiger partial charge in [-0.2, -0.15) is 11.8 Å². The second-order valence-electron chi connectivity index (χ2n) is 4.75. The van der Waals surface area contributed by atoms with Crippen molar-refractivity contribution in [2.24, 2.45) is 0 Å². The Morgan fingerprint density at radius 1 is 1.21 bits per heavy atom. The molecule has 0 spiro atoms. The van der Waals surface area contributed by atoms with Gasteiger partial charge in [-0.25, -0.2) is 9.97 Å². The molecular weight excluding hydrogens is 274 g/mol. The highest BCUT2D eigenvalue weighted by Gasteiger charge is 2.27. The molecule has 1 aliphatic rings. The van der Waals surface area contributed by atoms with Gasteiger partial charge in [0.15, 0.2) is 0 Å². The second kappa shape index (κ2) is 6.84. The zero-order chi connectivity index (χ0) is 13.8. The van der Waals surface area contributed by atoms with E-state index in [-0.39, 0.29) is 0 Å². The summed E-state index contributed by atoms with van der Waals surface area (Å²) in [5.41, 5.74) is 2.39. The standard InChI is InChI=1S/C14H23N3S2/c1-5-11-9(3)13(15-6-2)17-14(16-11)12-10(4)18-7-8-19-12/h10,12H,5-8H2,1-4H3,(H,15,16,17). The highest BCUT2D eigenvalue weighted by molar-refractivity contribution is 8.06. The van der Waals surface area contributed by atoms with Crippen LogP contribution in [-0.4, -0.2) is 33.3 Å². The number of rotatable bonds is 4. The van der Waals surface area contributed by atoms with Crippen LogP contribution in [0.25, 0.3) is 0 Å². The molecule has 0 radical (unpaired) electrons. The Labute approximate surface area is 124 Å².